The number of nitrogens with one attached hydrogen (secondary N) is 1. The first-order chi connectivity index (χ1) is 17.6. The molecule has 208 valence electrons. The van der Waals surface area contributed by atoms with E-state index in [2.05, 4.69) is 25.4 Å². The standard InChI is InChI=1S/C20H21F6N7O3S2/c1-10-8-33(38(35,36)11-5-29-32(2)9-11)4-3-13(10)30-18-28-6-12(19(21,22)23)15(31-18)14-7-27-17(37-14)16(34)20(24,25)26/h5-7,9-10,13,16,34H,3-4,8H2,1-2H3,(H,28,30,31)/t10-,13+,16?/m1/s1. The summed E-state index contributed by atoms with van der Waals surface area (Å²) in [6, 6.07) is -0.413. The number of rotatable bonds is 6. The van der Waals surface area contributed by atoms with Crippen molar-refractivity contribution in [3.8, 4) is 10.6 Å². The minimum atomic E-state index is -5.05. The summed E-state index contributed by atoms with van der Waals surface area (Å²) in [5.74, 6) is -0.527. The average molecular weight is 586 g/mol. The maximum atomic E-state index is 13.6. The molecule has 1 aliphatic heterocycles. The molecule has 1 fully saturated rings. The number of anilines is 1. The molecule has 3 aromatic rings. The first-order valence-corrected chi connectivity index (χ1v) is 13.2. The van der Waals surface area contributed by atoms with Crippen LogP contribution in [0.1, 0.15) is 30.0 Å². The molecule has 18 heteroatoms. The Bertz CT molecular complexity index is 1410. The van der Waals surface area contributed by atoms with E-state index >= 15 is 0 Å². The summed E-state index contributed by atoms with van der Waals surface area (Å²) >= 11 is 0.230. The number of thiazole rings is 1. The third-order valence-corrected chi connectivity index (χ3v) is 8.77. The van der Waals surface area contributed by atoms with Crippen LogP contribution in [-0.4, -0.2) is 67.9 Å². The van der Waals surface area contributed by atoms with Crippen LogP contribution in [0.5, 0.6) is 0 Å². The largest absolute Gasteiger partial charge is 0.420 e. The van der Waals surface area contributed by atoms with Crippen LogP contribution in [0.2, 0.25) is 0 Å². The van der Waals surface area contributed by atoms with Crippen LogP contribution >= 0.6 is 11.3 Å². The molecule has 1 unspecified atom stereocenters. The monoisotopic (exact) mass is 585 g/mol. The Kier molecular flexibility index (Phi) is 7.45. The van der Waals surface area contributed by atoms with Crippen LogP contribution in [0.4, 0.5) is 32.3 Å². The lowest BCUT2D eigenvalue weighted by molar-refractivity contribution is -0.206. The number of aryl methyl sites for hydroxylation is 1. The molecule has 4 heterocycles. The van der Waals surface area contributed by atoms with E-state index in [1.165, 1.54) is 21.4 Å². The molecular weight excluding hydrogens is 564 g/mol. The normalized spacial score (nSPS) is 20.4. The molecule has 3 aromatic heterocycles. The zero-order chi connectivity index (χ0) is 28.0. The SMILES string of the molecule is C[C@@H]1CN(S(=O)(=O)c2cnn(C)c2)CC[C@@H]1Nc1ncc(C(F)(F)F)c(-c2cnc(C(O)C(F)(F)F)s2)n1. The number of hydrogen-bond acceptors (Lipinski definition) is 9. The molecule has 1 saturated heterocycles. The van der Waals surface area contributed by atoms with Crippen molar-refractivity contribution < 1.29 is 39.9 Å². The molecule has 2 N–H and O–H groups in total. The van der Waals surface area contributed by atoms with Crippen LogP contribution in [0.3, 0.4) is 0 Å². The van der Waals surface area contributed by atoms with Gasteiger partial charge in [0.05, 0.1) is 16.8 Å². The van der Waals surface area contributed by atoms with E-state index in [-0.39, 0.29) is 52.5 Å². The van der Waals surface area contributed by atoms with Gasteiger partial charge in [0.15, 0.2) is 0 Å². The highest BCUT2D eigenvalue weighted by molar-refractivity contribution is 7.89. The van der Waals surface area contributed by atoms with Crippen molar-refractivity contribution in [3.63, 3.8) is 0 Å². The first-order valence-electron chi connectivity index (χ1n) is 11.0. The van der Waals surface area contributed by atoms with Gasteiger partial charge in [-0.25, -0.2) is 23.4 Å². The molecule has 4 rings (SSSR count). The lowest BCUT2D eigenvalue weighted by atomic mass is 9.95. The second kappa shape index (κ2) is 10.0. The van der Waals surface area contributed by atoms with E-state index in [1.807, 2.05) is 0 Å². The maximum absolute atomic E-state index is 13.6. The van der Waals surface area contributed by atoms with Crippen LogP contribution in [-0.2, 0) is 23.2 Å². The number of hydrogen-bond donors (Lipinski definition) is 2. The van der Waals surface area contributed by atoms with Crippen molar-refractivity contribution in [2.24, 2.45) is 13.0 Å². The van der Waals surface area contributed by atoms with E-state index in [1.54, 1.807) is 14.0 Å². The summed E-state index contributed by atoms with van der Waals surface area (Å²) in [6.07, 6.45) is -8.74. The van der Waals surface area contributed by atoms with Gasteiger partial charge >= 0.3 is 12.4 Å². The summed E-state index contributed by atoms with van der Waals surface area (Å²) in [5, 5.41) is 15.4. The number of sulfonamides is 1. The fourth-order valence-electron chi connectivity index (χ4n) is 3.90. The summed E-state index contributed by atoms with van der Waals surface area (Å²) < 4.78 is 108. The summed E-state index contributed by atoms with van der Waals surface area (Å²) in [5.41, 5.74) is -1.98. The van der Waals surface area contributed by atoms with Gasteiger partial charge in [0, 0.05) is 44.8 Å². The van der Waals surface area contributed by atoms with E-state index in [0.29, 0.717) is 6.20 Å². The summed E-state index contributed by atoms with van der Waals surface area (Å²) in [4.78, 5) is 10.8. The zero-order valence-electron chi connectivity index (χ0n) is 19.7. The Morgan fingerprint density at radius 1 is 1.16 bits per heavy atom. The van der Waals surface area contributed by atoms with Crippen LogP contribution in [0.15, 0.2) is 29.7 Å². The number of nitrogens with zero attached hydrogens (tertiary/aromatic N) is 6. The molecule has 3 atom stereocenters. The highest BCUT2D eigenvalue weighted by Crippen LogP contribution is 2.41. The Balaban J connectivity index is 1.56. The smallest absolute Gasteiger partial charge is 0.377 e. The third kappa shape index (κ3) is 5.76. The Morgan fingerprint density at radius 2 is 1.87 bits per heavy atom. The minimum Gasteiger partial charge on any atom is -0.377 e. The molecule has 10 nitrogen and oxygen atoms in total. The van der Waals surface area contributed by atoms with Gasteiger partial charge in [-0.3, -0.25) is 4.68 Å². The van der Waals surface area contributed by atoms with Crippen LogP contribution in [0.25, 0.3) is 10.6 Å². The average Bonchev–Trinajstić information content (AvgIpc) is 3.48. The fraction of sp³-hybridized carbons (Fsp3) is 0.500. The number of alkyl halides is 6. The van der Waals surface area contributed by atoms with Crippen molar-refractivity contribution in [1.82, 2.24) is 29.0 Å². The van der Waals surface area contributed by atoms with E-state index in [0.717, 1.165) is 6.20 Å². The number of aliphatic hydroxyl groups is 1. The molecule has 1 aliphatic rings. The number of aliphatic hydroxyl groups excluding tert-OH is 1. The lowest BCUT2D eigenvalue weighted by Gasteiger charge is -2.36. The number of piperidine rings is 1. The molecule has 38 heavy (non-hydrogen) atoms. The number of aromatic nitrogens is 5. The molecule has 0 aromatic carbocycles. The predicted octanol–water partition coefficient (Wildman–Crippen LogP) is 3.46. The van der Waals surface area contributed by atoms with E-state index in [4.69, 9.17) is 0 Å². The quantitative estimate of drug-likeness (QED) is 0.422. The van der Waals surface area contributed by atoms with Crippen LogP contribution in [0, 0.1) is 5.92 Å². The summed E-state index contributed by atoms with van der Waals surface area (Å²) in [7, 11) is -2.21. The second-order valence-electron chi connectivity index (χ2n) is 8.69. The van der Waals surface area contributed by atoms with Crippen molar-refractivity contribution in [2.45, 2.75) is 42.7 Å². The van der Waals surface area contributed by atoms with Gasteiger partial charge < -0.3 is 10.4 Å². The van der Waals surface area contributed by atoms with Gasteiger partial charge in [-0.05, 0) is 12.3 Å². The molecule has 0 bridgehead atoms. The topological polar surface area (TPSA) is 126 Å². The first kappa shape index (κ1) is 28.2. The lowest BCUT2D eigenvalue weighted by Crippen LogP contribution is -2.47. The van der Waals surface area contributed by atoms with Gasteiger partial charge in [0.25, 0.3) is 0 Å². The molecule has 0 amide bonds. The van der Waals surface area contributed by atoms with Gasteiger partial charge in [-0.2, -0.15) is 35.7 Å². The minimum absolute atomic E-state index is 0.0360. The Labute approximate surface area is 216 Å². The van der Waals surface area contributed by atoms with Gasteiger partial charge in [0.2, 0.25) is 22.1 Å². The summed E-state index contributed by atoms with van der Waals surface area (Å²) in [6.45, 7) is 1.97. The van der Waals surface area contributed by atoms with Crippen LogP contribution < -0.4 is 5.32 Å². The van der Waals surface area contributed by atoms with Crippen molar-refractivity contribution in [1.29, 1.82) is 0 Å². The fourth-order valence-corrected chi connectivity index (χ4v) is 6.37. The molecule has 0 radical (unpaired) electrons. The number of halogens is 6. The predicted molar refractivity (Wildman–Crippen MR) is 122 cm³/mol. The van der Waals surface area contributed by atoms with Gasteiger partial charge in [-0.1, -0.05) is 6.92 Å². The molecule has 0 spiro atoms. The van der Waals surface area contributed by atoms with Crippen molar-refractivity contribution in [2.75, 3.05) is 18.4 Å². The maximum Gasteiger partial charge on any atom is 0.420 e. The van der Waals surface area contributed by atoms with Gasteiger partial charge in [0.1, 0.15) is 15.5 Å². The molecule has 0 aliphatic carbocycles. The van der Waals surface area contributed by atoms with E-state index in [9.17, 15) is 39.9 Å². The third-order valence-electron chi connectivity index (χ3n) is 5.90. The second-order valence-corrected chi connectivity index (χ2v) is 11.7. The highest BCUT2D eigenvalue weighted by atomic mass is 32.2. The van der Waals surface area contributed by atoms with Gasteiger partial charge in [-0.15, -0.1) is 11.3 Å². The van der Waals surface area contributed by atoms with Crippen molar-refractivity contribution in [3.05, 3.63) is 35.4 Å². The molecule has 0 saturated carbocycles. The molecular formula is C20H21F6N7O3S2. The Hall–Kier alpha value is -2.83. The highest BCUT2D eigenvalue weighted by Gasteiger charge is 2.42. The Morgan fingerprint density at radius 3 is 2.45 bits per heavy atom. The zero-order valence-corrected chi connectivity index (χ0v) is 21.3. The van der Waals surface area contributed by atoms with E-state index < -0.39 is 50.8 Å². The van der Waals surface area contributed by atoms with Crippen molar-refractivity contribution >= 4 is 27.3 Å².